The van der Waals surface area contributed by atoms with E-state index >= 15 is 0 Å². The topological polar surface area (TPSA) is 37.3 Å². The van der Waals surface area contributed by atoms with E-state index in [1.165, 1.54) is 0 Å². The number of hydrogen-bond donors (Lipinski definition) is 1. The van der Waals surface area contributed by atoms with Gasteiger partial charge in [0.15, 0.2) is 5.78 Å². The van der Waals surface area contributed by atoms with Gasteiger partial charge >= 0.3 is 0 Å². The van der Waals surface area contributed by atoms with Crippen molar-refractivity contribution in [1.82, 2.24) is 0 Å². The van der Waals surface area contributed by atoms with Gasteiger partial charge in [0.1, 0.15) is 0 Å². The van der Waals surface area contributed by atoms with Gasteiger partial charge in [0.05, 0.1) is 6.61 Å². The lowest BCUT2D eigenvalue weighted by Gasteiger charge is -1.98. The van der Waals surface area contributed by atoms with Gasteiger partial charge in [-0.1, -0.05) is 54.6 Å². The second-order valence-corrected chi connectivity index (χ2v) is 3.97. The Morgan fingerprint density at radius 2 is 1.83 bits per heavy atom. The van der Waals surface area contributed by atoms with Gasteiger partial charge in [-0.3, -0.25) is 4.79 Å². The molecule has 0 bridgehead atoms. The van der Waals surface area contributed by atoms with Crippen LogP contribution in [0.25, 0.3) is 6.08 Å². The summed E-state index contributed by atoms with van der Waals surface area (Å²) in [5, 5.41) is 9.03. The Bertz CT molecular complexity index is 556. The van der Waals surface area contributed by atoms with Crippen LogP contribution in [0, 0.1) is 0 Å². The minimum Gasteiger partial charge on any atom is -0.392 e. The highest BCUT2D eigenvalue weighted by molar-refractivity contribution is 6.06. The zero-order valence-electron chi connectivity index (χ0n) is 9.91. The molecule has 0 spiro atoms. The summed E-state index contributed by atoms with van der Waals surface area (Å²) in [6.07, 6.45) is 3.31. The fraction of sp³-hybridized carbons (Fsp3) is 0.0625. The Balaban J connectivity index is 2.13. The quantitative estimate of drug-likeness (QED) is 0.656. The minimum absolute atomic E-state index is 0.00825. The first-order chi connectivity index (χ1) is 8.79. The minimum atomic E-state index is -0.0231. The van der Waals surface area contributed by atoms with E-state index in [0.717, 1.165) is 11.1 Å². The van der Waals surface area contributed by atoms with Crippen LogP contribution in [-0.4, -0.2) is 10.9 Å². The predicted molar refractivity (Wildman–Crippen MR) is 72.2 cm³/mol. The van der Waals surface area contributed by atoms with E-state index in [0.29, 0.717) is 5.56 Å². The maximum Gasteiger partial charge on any atom is 0.185 e. The average Bonchev–Trinajstić information content (AvgIpc) is 2.46. The van der Waals surface area contributed by atoms with Crippen LogP contribution >= 0.6 is 0 Å². The standard InChI is InChI=1S/C16H14O2/c17-12-14-6-4-5-13(11-14)9-10-16(18)15-7-2-1-3-8-15/h1-11,17H,12H2. The van der Waals surface area contributed by atoms with Crippen molar-refractivity contribution >= 4 is 11.9 Å². The summed E-state index contributed by atoms with van der Waals surface area (Å²) in [5.41, 5.74) is 2.42. The molecule has 0 aliphatic heterocycles. The zero-order chi connectivity index (χ0) is 12.8. The normalized spacial score (nSPS) is 10.7. The molecule has 0 saturated heterocycles. The van der Waals surface area contributed by atoms with Crippen molar-refractivity contribution in [2.45, 2.75) is 6.61 Å². The molecule has 18 heavy (non-hydrogen) atoms. The highest BCUT2D eigenvalue weighted by Crippen LogP contribution is 2.08. The second-order valence-electron chi connectivity index (χ2n) is 3.97. The number of ketones is 1. The summed E-state index contributed by atoms with van der Waals surface area (Å²) in [4.78, 5) is 11.8. The van der Waals surface area contributed by atoms with Crippen molar-refractivity contribution < 1.29 is 9.90 Å². The number of benzene rings is 2. The van der Waals surface area contributed by atoms with Crippen LogP contribution in [0.4, 0.5) is 0 Å². The number of carbonyl (C=O) groups excluding carboxylic acids is 1. The van der Waals surface area contributed by atoms with Gasteiger partial charge < -0.3 is 5.11 Å². The first-order valence-corrected chi connectivity index (χ1v) is 5.77. The van der Waals surface area contributed by atoms with Crippen LogP contribution in [0.3, 0.4) is 0 Å². The Labute approximate surface area is 106 Å². The summed E-state index contributed by atoms with van der Waals surface area (Å²) < 4.78 is 0. The average molecular weight is 238 g/mol. The molecule has 0 atom stereocenters. The monoisotopic (exact) mass is 238 g/mol. The maximum absolute atomic E-state index is 11.8. The van der Waals surface area contributed by atoms with Crippen molar-refractivity contribution in [2.75, 3.05) is 0 Å². The zero-order valence-corrected chi connectivity index (χ0v) is 9.91. The van der Waals surface area contributed by atoms with Gasteiger partial charge in [0.2, 0.25) is 0 Å². The Morgan fingerprint density at radius 3 is 2.56 bits per heavy atom. The third-order valence-electron chi connectivity index (χ3n) is 2.62. The molecule has 90 valence electrons. The molecule has 2 rings (SSSR count). The summed E-state index contributed by atoms with van der Waals surface area (Å²) in [6, 6.07) is 16.6. The van der Waals surface area contributed by atoms with E-state index in [9.17, 15) is 4.79 Å². The summed E-state index contributed by atoms with van der Waals surface area (Å²) in [5.74, 6) is -0.0231. The first-order valence-electron chi connectivity index (χ1n) is 5.77. The molecule has 0 heterocycles. The lowest BCUT2D eigenvalue weighted by molar-refractivity contribution is 0.104. The molecule has 0 amide bonds. The molecule has 2 aromatic carbocycles. The largest absolute Gasteiger partial charge is 0.392 e. The molecule has 0 radical (unpaired) electrons. The van der Waals surface area contributed by atoms with Crippen molar-refractivity contribution in [3.8, 4) is 0 Å². The molecule has 2 heteroatoms. The number of aliphatic hydroxyl groups is 1. The van der Waals surface area contributed by atoms with E-state index in [-0.39, 0.29) is 12.4 Å². The van der Waals surface area contributed by atoms with Gasteiger partial charge in [0, 0.05) is 5.56 Å². The third kappa shape index (κ3) is 3.15. The van der Waals surface area contributed by atoms with Gasteiger partial charge in [-0.2, -0.15) is 0 Å². The first kappa shape index (κ1) is 12.3. The summed E-state index contributed by atoms with van der Waals surface area (Å²) >= 11 is 0. The fourth-order valence-corrected chi connectivity index (χ4v) is 1.67. The lowest BCUT2D eigenvalue weighted by Crippen LogP contribution is -1.92. The second kappa shape index (κ2) is 5.94. The van der Waals surface area contributed by atoms with Crippen LogP contribution in [0.15, 0.2) is 60.7 Å². The summed E-state index contributed by atoms with van der Waals surface area (Å²) in [6.45, 7) is 0.00825. The molecule has 2 aromatic rings. The van der Waals surface area contributed by atoms with Gasteiger partial charge in [-0.05, 0) is 23.3 Å². The van der Waals surface area contributed by atoms with Crippen molar-refractivity contribution in [3.05, 3.63) is 77.4 Å². The molecule has 0 aromatic heterocycles. The molecular weight excluding hydrogens is 224 g/mol. The highest BCUT2D eigenvalue weighted by atomic mass is 16.3. The summed E-state index contributed by atoms with van der Waals surface area (Å²) in [7, 11) is 0. The number of hydrogen-bond acceptors (Lipinski definition) is 2. The van der Waals surface area contributed by atoms with E-state index in [1.807, 2.05) is 42.5 Å². The smallest absolute Gasteiger partial charge is 0.185 e. The number of aliphatic hydroxyl groups excluding tert-OH is 1. The van der Waals surface area contributed by atoms with Crippen molar-refractivity contribution in [3.63, 3.8) is 0 Å². The molecule has 0 aliphatic rings. The maximum atomic E-state index is 11.8. The van der Waals surface area contributed by atoms with Gasteiger partial charge in [-0.15, -0.1) is 0 Å². The number of allylic oxidation sites excluding steroid dienone is 1. The predicted octanol–water partition coefficient (Wildman–Crippen LogP) is 3.08. The van der Waals surface area contributed by atoms with E-state index in [4.69, 9.17) is 5.11 Å². The van der Waals surface area contributed by atoms with Gasteiger partial charge in [-0.25, -0.2) is 0 Å². The molecule has 2 nitrogen and oxygen atoms in total. The fourth-order valence-electron chi connectivity index (χ4n) is 1.67. The van der Waals surface area contributed by atoms with E-state index in [1.54, 1.807) is 24.3 Å². The van der Waals surface area contributed by atoms with Crippen LogP contribution in [0.1, 0.15) is 21.5 Å². The van der Waals surface area contributed by atoms with E-state index in [2.05, 4.69) is 0 Å². The SMILES string of the molecule is O=C(C=Cc1cccc(CO)c1)c1ccccc1. The third-order valence-corrected chi connectivity index (χ3v) is 2.62. The molecule has 0 fully saturated rings. The molecule has 0 saturated carbocycles. The molecular formula is C16H14O2. The van der Waals surface area contributed by atoms with Crippen LogP contribution in [0.5, 0.6) is 0 Å². The van der Waals surface area contributed by atoms with Crippen molar-refractivity contribution in [2.24, 2.45) is 0 Å². The van der Waals surface area contributed by atoms with Crippen LogP contribution in [0.2, 0.25) is 0 Å². The van der Waals surface area contributed by atoms with Crippen LogP contribution < -0.4 is 0 Å². The van der Waals surface area contributed by atoms with E-state index < -0.39 is 0 Å². The van der Waals surface area contributed by atoms with Crippen molar-refractivity contribution in [1.29, 1.82) is 0 Å². The number of rotatable bonds is 4. The molecule has 0 unspecified atom stereocenters. The Hall–Kier alpha value is -2.19. The Kier molecular flexibility index (Phi) is 4.05. The lowest BCUT2D eigenvalue weighted by atomic mass is 10.1. The van der Waals surface area contributed by atoms with Gasteiger partial charge in [0.25, 0.3) is 0 Å². The highest BCUT2D eigenvalue weighted by Gasteiger charge is 1.99. The Morgan fingerprint density at radius 1 is 1.06 bits per heavy atom. The molecule has 0 aliphatic carbocycles. The number of carbonyl (C=O) groups is 1. The molecule has 1 N–H and O–H groups in total. The van der Waals surface area contributed by atoms with Crippen LogP contribution in [-0.2, 0) is 6.61 Å².